The summed E-state index contributed by atoms with van der Waals surface area (Å²) in [4.78, 5) is 13.7. The molecule has 3 fully saturated rings. The van der Waals surface area contributed by atoms with Crippen molar-refractivity contribution in [1.29, 1.82) is 0 Å². The number of amides is 1. The van der Waals surface area contributed by atoms with Gasteiger partial charge in [-0.25, -0.2) is 0 Å². The molecule has 3 N–H and O–H groups in total. The number of carbonyl (C=O) groups excluding carboxylic acids is 1. The quantitative estimate of drug-likeness (QED) is 0.661. The molecule has 3 rings (SSSR count). The minimum absolute atomic E-state index is 0.121. The number of morpholine rings is 1. The fourth-order valence-corrected chi connectivity index (χ4v) is 4.38. The third-order valence-electron chi connectivity index (χ3n) is 5.72. The van der Waals surface area contributed by atoms with Crippen LogP contribution >= 0.6 is 0 Å². The molecule has 0 spiro atoms. The summed E-state index contributed by atoms with van der Waals surface area (Å²) in [5, 5.41) is 10.3. The van der Waals surface area contributed by atoms with Crippen LogP contribution in [-0.2, 0) is 9.53 Å². The fourth-order valence-electron chi connectivity index (χ4n) is 4.38. The zero-order valence-electron chi connectivity index (χ0n) is 14.4. The maximum absolute atomic E-state index is 11.5. The molecule has 1 aliphatic carbocycles. The minimum Gasteiger partial charge on any atom is -0.379 e. The van der Waals surface area contributed by atoms with Gasteiger partial charge < -0.3 is 20.7 Å². The molecule has 0 bridgehead atoms. The van der Waals surface area contributed by atoms with Crippen LogP contribution in [0.1, 0.15) is 32.1 Å². The Bertz CT molecular complexity index is 379. The summed E-state index contributed by atoms with van der Waals surface area (Å²) in [6, 6.07) is 1.76. The third kappa shape index (κ3) is 4.66. The molecule has 0 aromatic rings. The van der Waals surface area contributed by atoms with E-state index < -0.39 is 0 Å². The number of hydrogen-bond donors (Lipinski definition) is 3. The van der Waals surface area contributed by atoms with Gasteiger partial charge in [0.2, 0.25) is 5.91 Å². The zero-order valence-corrected chi connectivity index (χ0v) is 14.4. The van der Waals surface area contributed by atoms with Gasteiger partial charge in [0.15, 0.2) is 0 Å². The molecule has 3 aliphatic rings. The van der Waals surface area contributed by atoms with E-state index in [2.05, 4.69) is 20.9 Å². The summed E-state index contributed by atoms with van der Waals surface area (Å²) in [6.07, 6.45) is 6.23. The van der Waals surface area contributed by atoms with E-state index in [0.29, 0.717) is 30.6 Å². The molecule has 1 saturated carbocycles. The molecule has 6 nitrogen and oxygen atoms in total. The van der Waals surface area contributed by atoms with Crippen LogP contribution in [0.3, 0.4) is 0 Å². The van der Waals surface area contributed by atoms with Crippen LogP contribution in [0.15, 0.2) is 0 Å². The SMILES string of the molecule is CNC(=O)CN1CCC(NC2CCCC2C2COCCN2)CC1. The highest BCUT2D eigenvalue weighted by Gasteiger charge is 2.36. The molecule has 2 heterocycles. The van der Waals surface area contributed by atoms with E-state index in [-0.39, 0.29) is 5.91 Å². The highest BCUT2D eigenvalue weighted by molar-refractivity contribution is 5.77. The predicted molar refractivity (Wildman–Crippen MR) is 90.4 cm³/mol. The van der Waals surface area contributed by atoms with Gasteiger partial charge in [0.05, 0.1) is 19.8 Å². The number of ether oxygens (including phenoxy) is 1. The van der Waals surface area contributed by atoms with Crippen LogP contribution in [0.4, 0.5) is 0 Å². The monoisotopic (exact) mass is 324 g/mol. The lowest BCUT2D eigenvalue weighted by molar-refractivity contribution is -0.122. The molecule has 23 heavy (non-hydrogen) atoms. The second-order valence-corrected chi connectivity index (χ2v) is 7.23. The molecule has 0 aromatic carbocycles. The van der Waals surface area contributed by atoms with Gasteiger partial charge in [0, 0.05) is 44.8 Å². The Hall–Kier alpha value is -0.690. The number of likely N-dealkylation sites (tertiary alicyclic amines) is 1. The van der Waals surface area contributed by atoms with Gasteiger partial charge in [0.1, 0.15) is 0 Å². The van der Waals surface area contributed by atoms with Crippen LogP contribution in [0.5, 0.6) is 0 Å². The van der Waals surface area contributed by atoms with Gasteiger partial charge in [-0.05, 0) is 31.6 Å². The Balaban J connectivity index is 1.43. The first-order valence-electron chi connectivity index (χ1n) is 9.26. The van der Waals surface area contributed by atoms with Crippen LogP contribution in [0.25, 0.3) is 0 Å². The molecule has 3 atom stereocenters. The number of likely N-dealkylation sites (N-methyl/N-ethyl adjacent to an activating group) is 1. The van der Waals surface area contributed by atoms with Gasteiger partial charge in [-0.1, -0.05) is 6.42 Å². The lowest BCUT2D eigenvalue weighted by atomic mass is 9.92. The number of nitrogens with zero attached hydrogens (tertiary/aromatic N) is 1. The Morgan fingerprint density at radius 1 is 1.26 bits per heavy atom. The summed E-state index contributed by atoms with van der Waals surface area (Å²) in [5.74, 6) is 0.829. The molecule has 0 radical (unpaired) electrons. The molecular weight excluding hydrogens is 292 g/mol. The molecular formula is C17H32N4O2. The first-order valence-corrected chi connectivity index (χ1v) is 9.26. The van der Waals surface area contributed by atoms with Gasteiger partial charge in [-0.3, -0.25) is 9.69 Å². The standard InChI is InChI=1S/C17H32N4O2/c1-18-17(22)11-21-8-5-13(6-9-21)20-15-4-2-3-14(15)16-12-23-10-7-19-16/h13-16,19-20H,2-12H2,1H3,(H,18,22). The van der Waals surface area contributed by atoms with Crippen molar-refractivity contribution in [2.45, 2.75) is 50.2 Å². The van der Waals surface area contributed by atoms with Crippen molar-refractivity contribution in [3.8, 4) is 0 Å². The number of nitrogens with one attached hydrogen (secondary N) is 3. The summed E-state index contributed by atoms with van der Waals surface area (Å²) >= 11 is 0. The van der Waals surface area contributed by atoms with E-state index in [4.69, 9.17) is 4.74 Å². The Kier molecular flexibility index (Phi) is 6.28. The highest BCUT2D eigenvalue weighted by Crippen LogP contribution is 2.30. The Morgan fingerprint density at radius 3 is 2.78 bits per heavy atom. The second kappa shape index (κ2) is 8.42. The van der Waals surface area contributed by atoms with Crippen molar-refractivity contribution in [2.75, 3.05) is 46.4 Å². The molecule has 2 aliphatic heterocycles. The Labute approximate surface area is 139 Å². The number of rotatable bonds is 5. The van der Waals surface area contributed by atoms with Gasteiger partial charge in [-0.2, -0.15) is 0 Å². The smallest absolute Gasteiger partial charge is 0.233 e. The van der Waals surface area contributed by atoms with Crippen molar-refractivity contribution in [3.63, 3.8) is 0 Å². The Morgan fingerprint density at radius 2 is 2.09 bits per heavy atom. The maximum Gasteiger partial charge on any atom is 0.233 e. The lowest BCUT2D eigenvalue weighted by Crippen LogP contribution is -2.54. The predicted octanol–water partition coefficient (Wildman–Crippen LogP) is -0.0565. The van der Waals surface area contributed by atoms with E-state index in [1.54, 1.807) is 7.05 Å². The summed E-state index contributed by atoms with van der Waals surface area (Å²) in [7, 11) is 1.71. The first-order chi connectivity index (χ1) is 11.3. The van der Waals surface area contributed by atoms with Crippen molar-refractivity contribution < 1.29 is 9.53 Å². The van der Waals surface area contributed by atoms with Gasteiger partial charge in [-0.15, -0.1) is 0 Å². The molecule has 0 aromatic heterocycles. The van der Waals surface area contributed by atoms with Gasteiger partial charge in [0.25, 0.3) is 0 Å². The van der Waals surface area contributed by atoms with Crippen LogP contribution < -0.4 is 16.0 Å². The molecule has 2 saturated heterocycles. The molecule has 132 valence electrons. The highest BCUT2D eigenvalue weighted by atomic mass is 16.5. The topological polar surface area (TPSA) is 65.6 Å². The third-order valence-corrected chi connectivity index (χ3v) is 5.72. The summed E-state index contributed by atoms with van der Waals surface area (Å²) in [6.45, 7) is 5.30. The first kappa shape index (κ1) is 17.1. The number of piperidine rings is 1. The lowest BCUT2D eigenvalue weighted by Gasteiger charge is -2.37. The summed E-state index contributed by atoms with van der Waals surface area (Å²) in [5.41, 5.74) is 0. The average Bonchev–Trinajstić information content (AvgIpc) is 3.05. The van der Waals surface area contributed by atoms with Crippen LogP contribution in [0.2, 0.25) is 0 Å². The fraction of sp³-hybridized carbons (Fsp3) is 0.941. The van der Waals surface area contributed by atoms with E-state index in [1.165, 1.54) is 19.3 Å². The maximum atomic E-state index is 11.5. The van der Waals surface area contributed by atoms with Crippen molar-refractivity contribution >= 4 is 5.91 Å². The van der Waals surface area contributed by atoms with E-state index >= 15 is 0 Å². The second-order valence-electron chi connectivity index (χ2n) is 7.23. The van der Waals surface area contributed by atoms with Gasteiger partial charge >= 0.3 is 0 Å². The largest absolute Gasteiger partial charge is 0.379 e. The van der Waals surface area contributed by atoms with Crippen molar-refractivity contribution in [2.24, 2.45) is 5.92 Å². The zero-order chi connectivity index (χ0) is 16.1. The van der Waals surface area contributed by atoms with E-state index in [1.807, 2.05) is 0 Å². The van der Waals surface area contributed by atoms with Crippen LogP contribution in [0, 0.1) is 5.92 Å². The van der Waals surface area contributed by atoms with E-state index in [0.717, 1.165) is 45.7 Å². The summed E-state index contributed by atoms with van der Waals surface area (Å²) < 4.78 is 5.66. The normalized spacial score (nSPS) is 33.7. The number of hydrogen-bond acceptors (Lipinski definition) is 5. The molecule has 6 heteroatoms. The number of carbonyl (C=O) groups is 1. The molecule has 3 unspecified atom stereocenters. The van der Waals surface area contributed by atoms with Crippen molar-refractivity contribution in [3.05, 3.63) is 0 Å². The minimum atomic E-state index is 0.121. The molecule has 1 amide bonds. The van der Waals surface area contributed by atoms with Crippen LogP contribution in [-0.4, -0.2) is 75.4 Å². The average molecular weight is 324 g/mol. The van der Waals surface area contributed by atoms with E-state index in [9.17, 15) is 4.79 Å². The van der Waals surface area contributed by atoms with Crippen molar-refractivity contribution in [1.82, 2.24) is 20.9 Å².